The molecule has 5 nitrogen and oxygen atoms in total. The molecule has 2 heterocycles. The molecule has 162 valence electrons. The van der Waals surface area contributed by atoms with E-state index >= 15 is 0 Å². The Kier molecular flexibility index (Phi) is 4.65. The van der Waals surface area contributed by atoms with Gasteiger partial charge < -0.3 is 14.2 Å². The van der Waals surface area contributed by atoms with Gasteiger partial charge in [-0.15, -0.1) is 11.3 Å². The van der Waals surface area contributed by atoms with Gasteiger partial charge in [-0.05, 0) is 80.9 Å². The Morgan fingerprint density at radius 2 is 1.83 bits per heavy atom. The van der Waals surface area contributed by atoms with Crippen LogP contribution in [0.4, 0.5) is 0 Å². The predicted molar refractivity (Wildman–Crippen MR) is 115 cm³/mol. The van der Waals surface area contributed by atoms with Crippen LogP contribution in [-0.2, 0) is 25.0 Å². The van der Waals surface area contributed by atoms with Crippen LogP contribution in [0, 0.1) is 23.7 Å². The highest BCUT2D eigenvalue weighted by Crippen LogP contribution is 2.70. The van der Waals surface area contributed by atoms with Crippen molar-refractivity contribution in [1.29, 1.82) is 0 Å². The molecule has 0 amide bonds. The molecule has 1 saturated heterocycles. The lowest BCUT2D eigenvalue weighted by atomic mass is 9.47. The third-order valence-electron chi connectivity index (χ3n) is 7.88. The number of hydrogen-bond donors (Lipinski definition) is 0. The summed E-state index contributed by atoms with van der Waals surface area (Å²) in [7, 11) is 1.75. The number of fused-ring (bicyclic) bond motifs is 1. The van der Waals surface area contributed by atoms with Crippen molar-refractivity contribution >= 4 is 33.0 Å². The fourth-order valence-corrected chi connectivity index (χ4v) is 8.38. The summed E-state index contributed by atoms with van der Waals surface area (Å²) in [5.41, 5.74) is -0.378. The summed E-state index contributed by atoms with van der Waals surface area (Å²) in [6, 6.07) is 6.05. The van der Waals surface area contributed by atoms with E-state index in [0.29, 0.717) is 29.2 Å². The Morgan fingerprint density at radius 3 is 2.43 bits per heavy atom. The van der Waals surface area contributed by atoms with Gasteiger partial charge in [0.2, 0.25) is 0 Å². The zero-order chi connectivity index (χ0) is 20.5. The molecular weight excluding hydrogens is 424 g/mol. The largest absolute Gasteiger partial charge is 0.466 e. The minimum absolute atomic E-state index is 0.187. The van der Waals surface area contributed by atoms with Crippen LogP contribution in [0.5, 0.6) is 5.75 Å². The van der Waals surface area contributed by atoms with Gasteiger partial charge in [0.1, 0.15) is 5.75 Å². The molecule has 0 radical (unpaired) electrons. The van der Waals surface area contributed by atoms with Crippen molar-refractivity contribution in [3.05, 3.63) is 28.1 Å². The molecule has 7 heteroatoms. The summed E-state index contributed by atoms with van der Waals surface area (Å²) in [5, 5.41) is 1.55. The Hall–Kier alpha value is -0.890. The molecule has 5 aliphatic rings. The van der Waals surface area contributed by atoms with Crippen LogP contribution in [0.15, 0.2) is 18.2 Å². The molecule has 1 unspecified atom stereocenters. The number of thiophene rings is 1. The van der Waals surface area contributed by atoms with Gasteiger partial charge in [-0.2, -0.15) is 4.89 Å². The summed E-state index contributed by atoms with van der Waals surface area (Å²) in [5.74, 6) is 2.46. The molecule has 1 spiro atoms. The fourth-order valence-electron chi connectivity index (χ4n) is 6.82. The molecule has 4 bridgehead atoms. The molecule has 5 fully saturated rings. The summed E-state index contributed by atoms with van der Waals surface area (Å²) in [6.45, 7) is 2.72. The van der Waals surface area contributed by atoms with Crippen molar-refractivity contribution < 1.29 is 24.0 Å². The van der Waals surface area contributed by atoms with Crippen LogP contribution in [0.3, 0.4) is 0 Å². The molecule has 1 aromatic carbocycles. The van der Waals surface area contributed by atoms with E-state index in [4.69, 9.17) is 35.6 Å². The molecule has 1 atom stereocenters. The normalized spacial score (nSPS) is 39.0. The number of ether oxygens (including phenoxy) is 3. The zero-order valence-corrected chi connectivity index (χ0v) is 18.9. The molecule has 0 N–H and O–H groups in total. The van der Waals surface area contributed by atoms with Crippen molar-refractivity contribution in [3.8, 4) is 5.75 Å². The Bertz CT molecular complexity index is 942. The van der Waals surface area contributed by atoms with Crippen molar-refractivity contribution in [3.63, 3.8) is 0 Å². The Morgan fingerprint density at radius 1 is 1.10 bits per heavy atom. The predicted octanol–water partition coefficient (Wildman–Crippen LogP) is 5.88. The monoisotopic (exact) mass is 450 g/mol. The van der Waals surface area contributed by atoms with Crippen LogP contribution in [0.1, 0.15) is 43.9 Å². The van der Waals surface area contributed by atoms with Gasteiger partial charge in [0.15, 0.2) is 12.4 Å². The maximum atomic E-state index is 6.70. The molecule has 4 saturated carbocycles. The van der Waals surface area contributed by atoms with Gasteiger partial charge in [0, 0.05) is 23.8 Å². The van der Waals surface area contributed by atoms with E-state index in [2.05, 4.69) is 6.07 Å². The van der Waals surface area contributed by atoms with Gasteiger partial charge in [-0.3, -0.25) is 0 Å². The summed E-state index contributed by atoms with van der Waals surface area (Å²) >= 11 is 8.37. The van der Waals surface area contributed by atoms with Crippen LogP contribution >= 0.6 is 22.9 Å². The lowest BCUT2D eigenvalue weighted by molar-refractivity contribution is -0.644. The average molecular weight is 451 g/mol. The SMILES string of the molecule is CCOCOc1ccc2sc(C3(OC)OOC34C3CC5CC(C3)CC4C5)cc2c1Cl. The second-order valence-electron chi connectivity index (χ2n) is 9.24. The van der Waals surface area contributed by atoms with E-state index in [0.717, 1.165) is 26.8 Å². The summed E-state index contributed by atoms with van der Waals surface area (Å²) in [6.07, 6.45) is 6.29. The molecular formula is C23H27ClO5S. The second-order valence-corrected chi connectivity index (χ2v) is 10.7. The van der Waals surface area contributed by atoms with Crippen molar-refractivity contribution in [2.45, 2.75) is 50.4 Å². The first-order chi connectivity index (χ1) is 14.6. The topological polar surface area (TPSA) is 46.2 Å². The molecule has 7 rings (SSSR count). The highest BCUT2D eigenvalue weighted by molar-refractivity contribution is 7.19. The number of benzene rings is 1. The molecule has 4 aliphatic carbocycles. The van der Waals surface area contributed by atoms with Crippen molar-refractivity contribution in [2.75, 3.05) is 20.5 Å². The maximum absolute atomic E-state index is 6.70. The lowest BCUT2D eigenvalue weighted by Gasteiger charge is -2.68. The van der Waals surface area contributed by atoms with Crippen LogP contribution < -0.4 is 4.74 Å². The Balaban J connectivity index is 1.39. The average Bonchev–Trinajstić information content (AvgIpc) is 3.14. The quantitative estimate of drug-likeness (QED) is 0.312. The number of rotatable bonds is 6. The first-order valence-corrected chi connectivity index (χ1v) is 12.2. The molecule has 1 aliphatic heterocycles. The fraction of sp³-hybridized carbons (Fsp3) is 0.652. The van der Waals surface area contributed by atoms with Crippen LogP contribution in [0.25, 0.3) is 10.1 Å². The maximum Gasteiger partial charge on any atom is 0.269 e. The zero-order valence-electron chi connectivity index (χ0n) is 17.3. The minimum atomic E-state index is -0.852. The van der Waals surface area contributed by atoms with Crippen molar-refractivity contribution in [2.24, 2.45) is 23.7 Å². The van der Waals surface area contributed by atoms with E-state index in [1.165, 1.54) is 32.1 Å². The smallest absolute Gasteiger partial charge is 0.269 e. The van der Waals surface area contributed by atoms with Gasteiger partial charge in [0.25, 0.3) is 5.79 Å². The first-order valence-electron chi connectivity index (χ1n) is 11.0. The number of methoxy groups -OCH3 is 1. The standard InChI is InChI=1S/C23H27ClO5S/c1-3-26-12-27-18-4-5-19-17(21(18)24)11-20(30-19)23(25-2)22(28-29-23)15-7-13-6-14(9-15)10-16(22)8-13/h4-5,11,13-16H,3,6-10,12H2,1-2H3. The van der Waals surface area contributed by atoms with Gasteiger partial charge in [0.05, 0.1) is 9.90 Å². The summed E-state index contributed by atoms with van der Waals surface area (Å²) in [4.78, 5) is 13.0. The van der Waals surface area contributed by atoms with Crippen molar-refractivity contribution in [1.82, 2.24) is 0 Å². The van der Waals surface area contributed by atoms with E-state index in [-0.39, 0.29) is 12.4 Å². The van der Waals surface area contributed by atoms with Crippen LogP contribution in [0.2, 0.25) is 5.02 Å². The summed E-state index contributed by atoms with van der Waals surface area (Å²) < 4.78 is 18.3. The lowest BCUT2D eigenvalue weighted by Crippen LogP contribution is -2.76. The van der Waals surface area contributed by atoms with Gasteiger partial charge >= 0.3 is 0 Å². The van der Waals surface area contributed by atoms with Crippen LogP contribution in [-0.4, -0.2) is 26.1 Å². The van der Waals surface area contributed by atoms with E-state index in [9.17, 15) is 0 Å². The minimum Gasteiger partial charge on any atom is -0.466 e. The van der Waals surface area contributed by atoms with E-state index < -0.39 is 5.79 Å². The Labute approximate surface area is 185 Å². The van der Waals surface area contributed by atoms with Gasteiger partial charge in [-0.1, -0.05) is 11.6 Å². The number of halogens is 1. The second kappa shape index (κ2) is 7.06. The molecule has 2 aromatic rings. The molecule has 1 aromatic heterocycles. The third kappa shape index (κ3) is 2.49. The number of hydrogen-bond acceptors (Lipinski definition) is 6. The third-order valence-corrected chi connectivity index (χ3v) is 9.45. The highest BCUT2D eigenvalue weighted by Gasteiger charge is 2.77. The molecule has 30 heavy (non-hydrogen) atoms. The highest BCUT2D eigenvalue weighted by atomic mass is 35.5. The first kappa shape index (κ1) is 19.8. The van der Waals surface area contributed by atoms with E-state index in [1.54, 1.807) is 18.4 Å². The van der Waals surface area contributed by atoms with E-state index in [1.807, 2.05) is 19.1 Å². The van der Waals surface area contributed by atoms with Gasteiger partial charge in [-0.25, -0.2) is 4.89 Å².